The molecule has 5 nitrogen and oxygen atoms in total. The number of allylic oxidation sites excluding steroid dienone is 1. The van der Waals surface area contributed by atoms with Crippen LogP contribution in [0.5, 0.6) is 0 Å². The van der Waals surface area contributed by atoms with Gasteiger partial charge < -0.3 is 4.18 Å². The van der Waals surface area contributed by atoms with Crippen molar-refractivity contribution in [3.63, 3.8) is 0 Å². The van der Waals surface area contributed by atoms with Crippen LogP contribution in [0.15, 0.2) is 11.8 Å². The number of hydrogen-bond donors (Lipinski definition) is 1. The maximum absolute atomic E-state index is 10.5. The molecule has 1 aliphatic heterocycles. The largest absolute Gasteiger partial charge is 0.409 e. The molecule has 0 saturated carbocycles. The van der Waals surface area contributed by atoms with Gasteiger partial charge in [-0.15, -0.1) is 0 Å². The van der Waals surface area contributed by atoms with Crippen LogP contribution in [-0.4, -0.2) is 39.0 Å². The van der Waals surface area contributed by atoms with E-state index in [0.717, 1.165) is 6.08 Å². The first-order chi connectivity index (χ1) is 14.7. The fraction of sp³-hybridized carbons (Fsp3) is 0.875. The molecule has 1 heterocycles. The van der Waals surface area contributed by atoms with Gasteiger partial charge in [-0.2, -0.15) is 8.42 Å². The van der Waals surface area contributed by atoms with Gasteiger partial charge in [-0.3, -0.25) is 4.79 Å². The van der Waals surface area contributed by atoms with E-state index in [2.05, 4.69) is 31.9 Å². The molecule has 0 aromatic carbocycles. The molecule has 0 aliphatic carbocycles. The summed E-state index contributed by atoms with van der Waals surface area (Å²) in [6.07, 6.45) is 25.0. The fourth-order valence-electron chi connectivity index (χ4n) is 3.93. The average molecular weight is 479 g/mol. The third-order valence-electron chi connectivity index (χ3n) is 5.75. The van der Waals surface area contributed by atoms with Crippen molar-refractivity contribution in [2.75, 3.05) is 24.6 Å². The molecule has 0 atom stereocenters. The highest BCUT2D eigenvalue weighted by molar-refractivity contribution is 7.85. The molecule has 0 radical (unpaired) electrons. The number of rotatable bonds is 16. The second-order valence-corrected chi connectivity index (χ2v) is 14.6. The average Bonchev–Trinajstić information content (AvgIpc) is 2.70. The molecule has 0 saturated heterocycles. The minimum absolute atomic E-state index is 0.0729. The summed E-state index contributed by atoms with van der Waals surface area (Å²) in [6.45, 7) is 10.8. The Balaban J connectivity index is 0.000000743. The van der Waals surface area contributed by atoms with Crippen molar-refractivity contribution in [2.24, 2.45) is 0 Å². The van der Waals surface area contributed by atoms with E-state index in [-0.39, 0.29) is 5.76 Å². The van der Waals surface area contributed by atoms with Gasteiger partial charge in [-0.05, 0) is 39.0 Å². The van der Waals surface area contributed by atoms with Crippen LogP contribution in [0.2, 0.25) is 0 Å². The van der Waals surface area contributed by atoms with Gasteiger partial charge in [0.05, 0.1) is 24.6 Å². The molecule has 0 unspecified atom stereocenters. The maximum Gasteiger partial charge on any atom is 0.409 e. The smallest absolute Gasteiger partial charge is 0.371 e. The van der Waals surface area contributed by atoms with E-state index < -0.39 is 23.5 Å². The number of amides is 1. The minimum atomic E-state index is -3.85. The van der Waals surface area contributed by atoms with Crippen molar-refractivity contribution >= 4 is 23.5 Å². The van der Waals surface area contributed by atoms with Gasteiger partial charge in [-0.25, -0.2) is 4.72 Å². The molecule has 1 rings (SSSR count). The van der Waals surface area contributed by atoms with Crippen LogP contribution < -0.4 is 4.72 Å². The Kier molecular flexibility index (Phi) is 17.5. The van der Waals surface area contributed by atoms with Gasteiger partial charge in [0.2, 0.25) is 0 Å². The first-order valence-corrected chi connectivity index (χ1v) is 16.5. The lowest BCUT2D eigenvalue weighted by atomic mass is 10.1. The molecule has 1 aliphatic rings. The maximum atomic E-state index is 10.5. The molecule has 1 amide bonds. The summed E-state index contributed by atoms with van der Waals surface area (Å²) in [7, 11) is -4.45. The van der Waals surface area contributed by atoms with Gasteiger partial charge in [0.1, 0.15) is 5.76 Å². The minimum Gasteiger partial charge on any atom is -0.371 e. The number of nitrogens with one attached hydrogen (secondary N) is 1. The van der Waals surface area contributed by atoms with Crippen molar-refractivity contribution in [1.29, 1.82) is 0 Å². The molecule has 184 valence electrons. The number of hydrogen-bond acceptors (Lipinski definition) is 4. The molecular weight excluding hydrogens is 429 g/mol. The van der Waals surface area contributed by atoms with Crippen molar-refractivity contribution in [3.05, 3.63) is 11.8 Å². The Morgan fingerprint density at radius 2 is 1.16 bits per heavy atom. The molecule has 0 spiro atoms. The van der Waals surface area contributed by atoms with E-state index in [0.29, 0.717) is 0 Å². The Labute approximate surface area is 193 Å². The zero-order chi connectivity index (χ0) is 23.6. The summed E-state index contributed by atoms with van der Waals surface area (Å²) in [5.74, 6) is -0.604. The fourth-order valence-corrected chi connectivity index (χ4v) is 9.87. The van der Waals surface area contributed by atoms with Crippen molar-refractivity contribution in [1.82, 2.24) is 4.72 Å². The van der Waals surface area contributed by atoms with E-state index in [1.807, 2.05) is 0 Å². The van der Waals surface area contributed by atoms with Crippen LogP contribution in [-0.2, 0) is 19.3 Å². The van der Waals surface area contributed by atoms with E-state index >= 15 is 0 Å². The Morgan fingerprint density at radius 3 is 1.58 bits per heavy atom. The topological polar surface area (TPSA) is 72.5 Å². The SMILES string of the molecule is CC1=CC(=O)NS(=O)(=O)O1.CCCCCCCC[P+](CCCC)(CCCC)CCCC. The lowest BCUT2D eigenvalue weighted by molar-refractivity contribution is -0.115. The summed E-state index contributed by atoms with van der Waals surface area (Å²) >= 11 is 0. The Hall–Kier alpha value is -0.610. The van der Waals surface area contributed by atoms with E-state index in [9.17, 15) is 13.2 Å². The summed E-state index contributed by atoms with van der Waals surface area (Å²) < 4.78 is 26.8. The first-order valence-electron chi connectivity index (χ1n) is 12.5. The molecule has 1 N–H and O–H groups in total. The van der Waals surface area contributed by atoms with Crippen LogP contribution in [0.25, 0.3) is 0 Å². The van der Waals surface area contributed by atoms with Crippen LogP contribution in [0.1, 0.15) is 112 Å². The van der Waals surface area contributed by atoms with Crippen LogP contribution in [0.4, 0.5) is 0 Å². The normalized spacial score (nSPS) is 15.4. The van der Waals surface area contributed by atoms with E-state index in [1.165, 1.54) is 84.0 Å². The Bertz CT molecular complexity index is 583. The van der Waals surface area contributed by atoms with Gasteiger partial charge in [0.25, 0.3) is 5.91 Å². The summed E-state index contributed by atoms with van der Waals surface area (Å²) in [6, 6.07) is 0. The van der Waals surface area contributed by atoms with E-state index in [1.54, 1.807) is 29.4 Å². The first kappa shape index (κ1) is 30.4. The lowest BCUT2D eigenvalue weighted by Gasteiger charge is -2.28. The third kappa shape index (κ3) is 15.8. The zero-order valence-electron chi connectivity index (χ0n) is 20.9. The number of carbonyl (C=O) groups excluding carboxylic acids is 1. The number of carbonyl (C=O) groups is 1. The molecular formula is C24H49NO4PS+. The third-order valence-corrected chi connectivity index (χ3v) is 11.7. The zero-order valence-corrected chi connectivity index (χ0v) is 22.6. The van der Waals surface area contributed by atoms with E-state index in [4.69, 9.17) is 0 Å². The summed E-state index contributed by atoms with van der Waals surface area (Å²) in [5, 5.41) is 0. The highest BCUT2D eigenvalue weighted by Crippen LogP contribution is 2.61. The van der Waals surface area contributed by atoms with Gasteiger partial charge in [0.15, 0.2) is 0 Å². The second kappa shape index (κ2) is 17.9. The lowest BCUT2D eigenvalue weighted by Crippen LogP contribution is -2.34. The van der Waals surface area contributed by atoms with Crippen molar-refractivity contribution < 1.29 is 17.4 Å². The molecule has 0 fully saturated rings. The van der Waals surface area contributed by atoms with Gasteiger partial charge in [-0.1, -0.05) is 72.6 Å². The monoisotopic (exact) mass is 478 g/mol. The van der Waals surface area contributed by atoms with Crippen molar-refractivity contribution in [3.8, 4) is 0 Å². The quantitative estimate of drug-likeness (QED) is 0.191. The highest BCUT2D eigenvalue weighted by Gasteiger charge is 2.34. The Morgan fingerprint density at radius 1 is 0.742 bits per heavy atom. The second-order valence-electron chi connectivity index (χ2n) is 8.82. The standard InChI is InChI=1S/C20H44P.C4H5NO4S/c1-5-9-13-14-15-16-20-21(17-10-6-2,18-11-7-3)19-12-8-4;1-3-2-4(6)5-10(7,8)9-3/h5-20H2,1-4H3;2H,1H3,(H,5,6)/q+1;. The molecule has 0 bridgehead atoms. The predicted molar refractivity (Wildman–Crippen MR) is 136 cm³/mol. The van der Waals surface area contributed by atoms with Crippen molar-refractivity contribution in [2.45, 2.75) is 112 Å². The van der Waals surface area contributed by atoms with Crippen LogP contribution in [0.3, 0.4) is 0 Å². The highest BCUT2D eigenvalue weighted by atomic mass is 32.2. The molecule has 31 heavy (non-hydrogen) atoms. The summed E-state index contributed by atoms with van der Waals surface area (Å²) in [4.78, 5) is 10.4. The predicted octanol–water partition coefficient (Wildman–Crippen LogP) is 7.05. The molecule has 0 aromatic rings. The van der Waals surface area contributed by atoms with Crippen LogP contribution >= 0.6 is 7.26 Å². The van der Waals surface area contributed by atoms with Gasteiger partial charge >= 0.3 is 10.3 Å². The summed E-state index contributed by atoms with van der Waals surface area (Å²) in [5.41, 5.74) is 0. The number of unbranched alkanes of at least 4 members (excludes halogenated alkanes) is 8. The van der Waals surface area contributed by atoms with Crippen LogP contribution in [0, 0.1) is 0 Å². The van der Waals surface area contributed by atoms with Gasteiger partial charge in [0, 0.05) is 13.3 Å². The molecule has 0 aromatic heterocycles. The molecule has 7 heteroatoms.